The molecule has 24 heavy (non-hydrogen) atoms. The van der Waals surface area contributed by atoms with E-state index in [1.54, 1.807) is 36.4 Å². The first-order valence-corrected chi connectivity index (χ1v) is 8.41. The lowest BCUT2D eigenvalue weighted by Gasteiger charge is -2.04. The van der Waals surface area contributed by atoms with Crippen LogP contribution in [0.15, 0.2) is 58.5 Å². The molecule has 0 radical (unpaired) electrons. The molecule has 7 nitrogen and oxygen atoms in total. The predicted octanol–water partition coefficient (Wildman–Crippen LogP) is 1.77. The Hall–Kier alpha value is -2.87. The predicted molar refractivity (Wildman–Crippen MR) is 88.7 cm³/mol. The number of benzene rings is 2. The van der Waals surface area contributed by atoms with Crippen molar-refractivity contribution in [3.8, 4) is 5.75 Å². The third-order valence-electron chi connectivity index (χ3n) is 2.96. The number of ether oxygens (including phenoxy) is 1. The Bertz CT molecular complexity index is 828. The average Bonchev–Trinajstić information content (AvgIpc) is 2.54. The number of aliphatic carboxylic acids is 1. The molecule has 2 aromatic carbocycles. The van der Waals surface area contributed by atoms with Gasteiger partial charge in [0.25, 0.3) is 10.0 Å². The van der Waals surface area contributed by atoms with E-state index in [1.807, 2.05) is 6.92 Å². The molecule has 0 saturated carbocycles. The highest BCUT2D eigenvalue weighted by molar-refractivity contribution is 7.89. The van der Waals surface area contributed by atoms with E-state index in [1.165, 1.54) is 18.3 Å². The van der Waals surface area contributed by atoms with E-state index in [9.17, 15) is 13.2 Å². The van der Waals surface area contributed by atoms with E-state index >= 15 is 0 Å². The van der Waals surface area contributed by atoms with Crippen molar-refractivity contribution in [1.29, 1.82) is 0 Å². The first-order chi connectivity index (χ1) is 11.4. The summed E-state index contributed by atoms with van der Waals surface area (Å²) in [7, 11) is -3.71. The highest BCUT2D eigenvalue weighted by Crippen LogP contribution is 2.12. The van der Waals surface area contributed by atoms with Crippen molar-refractivity contribution < 1.29 is 23.1 Å². The van der Waals surface area contributed by atoms with E-state index in [0.29, 0.717) is 11.3 Å². The van der Waals surface area contributed by atoms with E-state index in [4.69, 9.17) is 9.84 Å². The topological polar surface area (TPSA) is 105 Å². The number of rotatable bonds is 7. The number of carboxylic acid groups (broad SMARTS) is 1. The molecule has 0 saturated heterocycles. The van der Waals surface area contributed by atoms with Gasteiger partial charge in [-0.3, -0.25) is 0 Å². The summed E-state index contributed by atoms with van der Waals surface area (Å²) in [6.45, 7) is 1.44. The first kappa shape index (κ1) is 17.5. The number of nitrogens with one attached hydrogen (secondary N) is 1. The van der Waals surface area contributed by atoms with Crippen molar-refractivity contribution in [2.24, 2.45) is 5.10 Å². The maximum atomic E-state index is 12.0. The summed E-state index contributed by atoms with van der Waals surface area (Å²) >= 11 is 0. The van der Waals surface area contributed by atoms with E-state index in [-0.39, 0.29) is 4.90 Å². The van der Waals surface area contributed by atoms with Gasteiger partial charge < -0.3 is 9.84 Å². The highest BCUT2D eigenvalue weighted by Gasteiger charge is 2.11. The summed E-state index contributed by atoms with van der Waals surface area (Å²) in [6.07, 6.45) is 1.34. The summed E-state index contributed by atoms with van der Waals surface area (Å²) in [5.74, 6) is -0.666. The van der Waals surface area contributed by atoms with Gasteiger partial charge in [-0.25, -0.2) is 9.63 Å². The Balaban J connectivity index is 1.98. The molecule has 0 fully saturated rings. The summed E-state index contributed by atoms with van der Waals surface area (Å²) in [4.78, 5) is 12.7. The zero-order valence-corrected chi connectivity index (χ0v) is 13.7. The maximum Gasteiger partial charge on any atom is 0.341 e. The third kappa shape index (κ3) is 5.10. The van der Waals surface area contributed by atoms with E-state index in [0.717, 1.165) is 5.56 Å². The molecule has 0 aliphatic carbocycles. The second kappa shape index (κ2) is 7.60. The van der Waals surface area contributed by atoms with Gasteiger partial charge in [0.15, 0.2) is 6.61 Å². The SMILES string of the molecule is Cc1ccc(S(=O)(=O)N/N=C\c2ccc(OCC(=O)O)cc2)cc1. The van der Waals surface area contributed by atoms with Crippen LogP contribution in [0.3, 0.4) is 0 Å². The van der Waals surface area contributed by atoms with Crippen LogP contribution in [-0.4, -0.2) is 32.3 Å². The smallest absolute Gasteiger partial charge is 0.341 e. The molecule has 2 rings (SSSR count). The van der Waals surface area contributed by atoms with Gasteiger partial charge in [0, 0.05) is 0 Å². The minimum atomic E-state index is -3.71. The van der Waals surface area contributed by atoms with Crippen LogP contribution < -0.4 is 9.57 Å². The third-order valence-corrected chi connectivity index (χ3v) is 4.20. The molecule has 0 aromatic heterocycles. The molecule has 126 valence electrons. The van der Waals surface area contributed by atoms with Crippen molar-refractivity contribution in [3.05, 3.63) is 59.7 Å². The summed E-state index contributed by atoms with van der Waals surface area (Å²) in [6, 6.07) is 12.8. The Morgan fingerprint density at radius 1 is 1.17 bits per heavy atom. The second-order valence-corrected chi connectivity index (χ2v) is 6.58. The Labute approximate surface area is 139 Å². The van der Waals surface area contributed by atoms with Crippen LogP contribution in [0.1, 0.15) is 11.1 Å². The summed E-state index contributed by atoms with van der Waals surface area (Å²) in [5.41, 5.74) is 1.59. The zero-order chi connectivity index (χ0) is 17.6. The Kier molecular flexibility index (Phi) is 5.54. The number of nitrogens with zero attached hydrogens (tertiary/aromatic N) is 1. The van der Waals surface area contributed by atoms with Gasteiger partial charge in [0.2, 0.25) is 0 Å². The van der Waals surface area contributed by atoms with Gasteiger partial charge >= 0.3 is 5.97 Å². The van der Waals surface area contributed by atoms with Crippen LogP contribution in [0.5, 0.6) is 5.75 Å². The minimum absolute atomic E-state index is 0.127. The quantitative estimate of drug-likeness (QED) is 0.586. The Morgan fingerprint density at radius 3 is 2.38 bits per heavy atom. The molecule has 0 bridgehead atoms. The van der Waals surface area contributed by atoms with E-state index in [2.05, 4.69) is 9.93 Å². The number of hydrogen-bond donors (Lipinski definition) is 2. The number of hydrogen-bond acceptors (Lipinski definition) is 5. The van der Waals surface area contributed by atoms with Gasteiger partial charge in [-0.05, 0) is 48.9 Å². The number of sulfonamides is 1. The largest absolute Gasteiger partial charge is 0.482 e. The highest BCUT2D eigenvalue weighted by atomic mass is 32.2. The van der Waals surface area contributed by atoms with Gasteiger partial charge in [-0.2, -0.15) is 13.5 Å². The number of carboxylic acids is 1. The molecular formula is C16H16N2O5S. The minimum Gasteiger partial charge on any atom is -0.482 e. The molecule has 0 spiro atoms. The van der Waals surface area contributed by atoms with Crippen molar-refractivity contribution in [1.82, 2.24) is 4.83 Å². The molecule has 0 aliphatic rings. The summed E-state index contributed by atoms with van der Waals surface area (Å²) in [5, 5.41) is 12.2. The molecule has 0 atom stereocenters. The fraction of sp³-hybridized carbons (Fsp3) is 0.125. The monoisotopic (exact) mass is 348 g/mol. The van der Waals surface area contributed by atoms with E-state index < -0.39 is 22.6 Å². The van der Waals surface area contributed by atoms with Crippen LogP contribution in [0.4, 0.5) is 0 Å². The van der Waals surface area contributed by atoms with Crippen LogP contribution in [0, 0.1) is 6.92 Å². The van der Waals surface area contributed by atoms with Crippen molar-refractivity contribution in [2.45, 2.75) is 11.8 Å². The van der Waals surface area contributed by atoms with Crippen LogP contribution in [0.2, 0.25) is 0 Å². The van der Waals surface area contributed by atoms with Crippen LogP contribution in [-0.2, 0) is 14.8 Å². The number of aryl methyl sites for hydroxylation is 1. The van der Waals surface area contributed by atoms with Crippen molar-refractivity contribution >= 4 is 22.2 Å². The molecule has 0 heterocycles. The molecule has 8 heteroatoms. The second-order valence-electron chi connectivity index (χ2n) is 4.92. The average molecular weight is 348 g/mol. The lowest BCUT2D eigenvalue weighted by Crippen LogP contribution is -2.18. The van der Waals surface area contributed by atoms with Gasteiger partial charge in [-0.15, -0.1) is 0 Å². The first-order valence-electron chi connectivity index (χ1n) is 6.93. The van der Waals surface area contributed by atoms with Crippen LogP contribution >= 0.6 is 0 Å². The van der Waals surface area contributed by atoms with Gasteiger partial charge in [-0.1, -0.05) is 17.7 Å². The maximum absolute atomic E-state index is 12.0. The van der Waals surface area contributed by atoms with Crippen molar-refractivity contribution in [2.75, 3.05) is 6.61 Å². The molecule has 0 amide bonds. The van der Waals surface area contributed by atoms with Gasteiger partial charge in [0.05, 0.1) is 11.1 Å². The molecule has 2 N–H and O–H groups in total. The standard InChI is InChI=1S/C16H16N2O5S/c1-12-2-8-15(9-3-12)24(21,22)18-17-10-13-4-6-14(7-5-13)23-11-16(19)20/h2-10,18H,11H2,1H3,(H,19,20)/b17-10-. The number of carbonyl (C=O) groups is 1. The fourth-order valence-electron chi connectivity index (χ4n) is 1.74. The lowest BCUT2D eigenvalue weighted by atomic mass is 10.2. The lowest BCUT2D eigenvalue weighted by molar-refractivity contribution is -0.139. The molecular weight excluding hydrogens is 332 g/mol. The molecule has 2 aromatic rings. The van der Waals surface area contributed by atoms with Gasteiger partial charge in [0.1, 0.15) is 5.75 Å². The fourth-order valence-corrected chi connectivity index (χ4v) is 2.53. The summed E-state index contributed by atoms with van der Waals surface area (Å²) < 4.78 is 29.1. The number of hydrazone groups is 1. The Morgan fingerprint density at radius 2 is 1.79 bits per heavy atom. The normalized spacial score (nSPS) is 11.4. The zero-order valence-electron chi connectivity index (χ0n) is 12.8. The van der Waals surface area contributed by atoms with Crippen molar-refractivity contribution in [3.63, 3.8) is 0 Å². The molecule has 0 aliphatic heterocycles. The molecule has 0 unspecified atom stereocenters. The van der Waals surface area contributed by atoms with Crippen LogP contribution in [0.25, 0.3) is 0 Å².